The second-order valence-electron chi connectivity index (χ2n) is 6.16. The first kappa shape index (κ1) is 18.9. The van der Waals surface area contributed by atoms with E-state index in [9.17, 15) is 9.59 Å². The molecule has 2 atom stereocenters. The van der Waals surface area contributed by atoms with Crippen LogP contribution < -0.4 is 0 Å². The first-order valence-electron chi connectivity index (χ1n) is 9.00. The van der Waals surface area contributed by atoms with Crippen molar-refractivity contribution in [3.63, 3.8) is 0 Å². The molecule has 2 aliphatic rings. The first-order chi connectivity index (χ1) is 11.7. The standard InChI is InChI=1S/C19H28O5/c1-2-22-18(21)10-6-4-3-5-9-15-13-16(14-17(15)20)24-19-11-7-8-12-23-19/h3,5,13,16,19H,2,4,6-12,14H2,1H3/b5-3-/t16-,19?/m1/s1. The number of esters is 1. The number of hydrogen-bond acceptors (Lipinski definition) is 5. The molecule has 1 aliphatic heterocycles. The summed E-state index contributed by atoms with van der Waals surface area (Å²) in [5, 5.41) is 0. The minimum absolute atomic E-state index is 0.146. The fourth-order valence-corrected chi connectivity index (χ4v) is 2.90. The van der Waals surface area contributed by atoms with Gasteiger partial charge in [0.15, 0.2) is 12.1 Å². The van der Waals surface area contributed by atoms with Crippen molar-refractivity contribution in [3.8, 4) is 0 Å². The van der Waals surface area contributed by atoms with Gasteiger partial charge in [0.25, 0.3) is 0 Å². The van der Waals surface area contributed by atoms with E-state index in [1.54, 1.807) is 0 Å². The highest BCUT2D eigenvalue weighted by atomic mass is 16.7. The average molecular weight is 336 g/mol. The zero-order valence-electron chi connectivity index (χ0n) is 14.5. The second kappa shape index (κ2) is 10.4. The van der Waals surface area contributed by atoms with E-state index >= 15 is 0 Å². The van der Waals surface area contributed by atoms with Gasteiger partial charge in [0, 0.05) is 19.4 Å². The quantitative estimate of drug-likeness (QED) is 0.366. The van der Waals surface area contributed by atoms with Crippen LogP contribution in [-0.2, 0) is 23.8 Å². The lowest BCUT2D eigenvalue weighted by molar-refractivity contribution is -0.178. The Kier molecular flexibility index (Phi) is 8.19. The molecule has 1 aliphatic carbocycles. The van der Waals surface area contributed by atoms with Gasteiger partial charge in [-0.15, -0.1) is 0 Å². The van der Waals surface area contributed by atoms with E-state index in [0.29, 0.717) is 25.9 Å². The van der Waals surface area contributed by atoms with E-state index in [1.807, 2.05) is 25.2 Å². The number of rotatable bonds is 9. The number of ketones is 1. The van der Waals surface area contributed by atoms with E-state index in [4.69, 9.17) is 14.2 Å². The third-order valence-electron chi connectivity index (χ3n) is 4.16. The number of allylic oxidation sites excluding steroid dienone is 3. The topological polar surface area (TPSA) is 61.8 Å². The van der Waals surface area contributed by atoms with E-state index in [-0.39, 0.29) is 24.1 Å². The molecule has 1 saturated heterocycles. The summed E-state index contributed by atoms with van der Waals surface area (Å²) in [5.74, 6) is 0.0106. The second-order valence-corrected chi connectivity index (χ2v) is 6.16. The number of hydrogen-bond donors (Lipinski definition) is 0. The van der Waals surface area contributed by atoms with Gasteiger partial charge in [-0.2, -0.15) is 0 Å². The fourth-order valence-electron chi connectivity index (χ4n) is 2.90. The molecule has 0 aromatic rings. The van der Waals surface area contributed by atoms with Crippen molar-refractivity contribution < 1.29 is 23.8 Å². The summed E-state index contributed by atoms with van der Waals surface area (Å²) in [4.78, 5) is 23.2. The van der Waals surface area contributed by atoms with Crippen molar-refractivity contribution in [1.29, 1.82) is 0 Å². The molecule has 0 saturated carbocycles. The molecule has 0 aromatic carbocycles. The molecule has 1 fully saturated rings. The molecule has 0 amide bonds. The number of Topliss-reactive ketones (excluding diaryl/α,β-unsaturated/α-hetero) is 1. The molecule has 0 spiro atoms. The Morgan fingerprint density at radius 3 is 3.00 bits per heavy atom. The molecule has 5 nitrogen and oxygen atoms in total. The summed E-state index contributed by atoms with van der Waals surface area (Å²) in [6.07, 6.45) is 11.8. The maximum absolute atomic E-state index is 12.0. The van der Waals surface area contributed by atoms with Crippen molar-refractivity contribution >= 4 is 11.8 Å². The molecule has 1 unspecified atom stereocenters. The Hall–Kier alpha value is -1.46. The number of carbonyl (C=O) groups is 2. The van der Waals surface area contributed by atoms with E-state index < -0.39 is 0 Å². The Labute approximate surface area is 144 Å². The zero-order valence-corrected chi connectivity index (χ0v) is 14.5. The molecule has 0 radical (unpaired) electrons. The molecule has 0 bridgehead atoms. The van der Waals surface area contributed by atoms with Gasteiger partial charge in [0.05, 0.1) is 12.7 Å². The van der Waals surface area contributed by atoms with Crippen LogP contribution in [0.2, 0.25) is 0 Å². The third kappa shape index (κ3) is 6.57. The van der Waals surface area contributed by atoms with Crippen molar-refractivity contribution in [3.05, 3.63) is 23.8 Å². The van der Waals surface area contributed by atoms with Crippen LogP contribution in [0.3, 0.4) is 0 Å². The largest absolute Gasteiger partial charge is 0.466 e. The SMILES string of the molecule is CCOC(=O)CCC/C=C\CC1=C[C@@H](OC2CCCCO2)CC1=O. The predicted molar refractivity (Wildman–Crippen MR) is 90.4 cm³/mol. The zero-order chi connectivity index (χ0) is 17.2. The number of carbonyl (C=O) groups excluding carboxylic acids is 2. The van der Waals surface area contributed by atoms with Gasteiger partial charge in [-0.05, 0) is 57.1 Å². The Bertz CT molecular complexity index is 474. The van der Waals surface area contributed by atoms with Gasteiger partial charge < -0.3 is 14.2 Å². The minimum Gasteiger partial charge on any atom is -0.466 e. The molecule has 0 aromatic heterocycles. The van der Waals surface area contributed by atoms with Crippen LogP contribution in [0.15, 0.2) is 23.8 Å². The molecule has 1 heterocycles. The van der Waals surface area contributed by atoms with Crippen molar-refractivity contribution in [2.75, 3.05) is 13.2 Å². The highest BCUT2D eigenvalue weighted by molar-refractivity contribution is 5.98. The lowest BCUT2D eigenvalue weighted by Crippen LogP contribution is -2.26. The van der Waals surface area contributed by atoms with Gasteiger partial charge in [0.2, 0.25) is 0 Å². The van der Waals surface area contributed by atoms with E-state index in [2.05, 4.69) is 0 Å². The van der Waals surface area contributed by atoms with Gasteiger partial charge in [-0.25, -0.2) is 0 Å². The third-order valence-corrected chi connectivity index (χ3v) is 4.16. The van der Waals surface area contributed by atoms with Crippen LogP contribution in [0.5, 0.6) is 0 Å². The van der Waals surface area contributed by atoms with Crippen LogP contribution in [0.1, 0.15) is 58.3 Å². The maximum atomic E-state index is 12.0. The van der Waals surface area contributed by atoms with Crippen molar-refractivity contribution in [2.24, 2.45) is 0 Å². The average Bonchev–Trinajstić information content (AvgIpc) is 2.91. The monoisotopic (exact) mass is 336 g/mol. The van der Waals surface area contributed by atoms with Gasteiger partial charge >= 0.3 is 5.97 Å². The smallest absolute Gasteiger partial charge is 0.305 e. The fraction of sp³-hybridized carbons (Fsp3) is 0.684. The van der Waals surface area contributed by atoms with Crippen molar-refractivity contribution in [2.45, 2.75) is 70.7 Å². The summed E-state index contributed by atoms with van der Waals surface area (Å²) < 4.78 is 16.3. The molecule has 0 N–H and O–H groups in total. The van der Waals surface area contributed by atoms with Gasteiger partial charge in [-0.1, -0.05) is 12.2 Å². The van der Waals surface area contributed by atoms with Gasteiger partial charge in [0.1, 0.15) is 0 Å². The Morgan fingerprint density at radius 1 is 1.38 bits per heavy atom. The summed E-state index contributed by atoms with van der Waals surface area (Å²) in [5.41, 5.74) is 0.817. The Balaban J connectivity index is 1.65. The molecular formula is C19H28O5. The minimum atomic E-state index is -0.162. The van der Waals surface area contributed by atoms with E-state index in [1.165, 1.54) is 0 Å². The van der Waals surface area contributed by atoms with Crippen LogP contribution in [0.4, 0.5) is 0 Å². The van der Waals surface area contributed by atoms with E-state index in [0.717, 1.165) is 44.3 Å². The number of unbranched alkanes of at least 4 members (excludes halogenated alkanes) is 1. The van der Waals surface area contributed by atoms with Crippen LogP contribution >= 0.6 is 0 Å². The normalized spacial score (nSPS) is 24.4. The summed E-state index contributed by atoms with van der Waals surface area (Å²) in [7, 11) is 0. The highest BCUT2D eigenvalue weighted by Crippen LogP contribution is 2.24. The molecule has 24 heavy (non-hydrogen) atoms. The molecule has 134 valence electrons. The predicted octanol–water partition coefficient (Wildman–Crippen LogP) is 3.48. The summed E-state index contributed by atoms with van der Waals surface area (Å²) >= 11 is 0. The van der Waals surface area contributed by atoms with Crippen LogP contribution in [-0.4, -0.2) is 37.4 Å². The summed E-state index contributed by atoms with van der Waals surface area (Å²) in [6.45, 7) is 2.98. The maximum Gasteiger partial charge on any atom is 0.305 e. The van der Waals surface area contributed by atoms with Crippen LogP contribution in [0, 0.1) is 0 Å². The molecular weight excluding hydrogens is 308 g/mol. The van der Waals surface area contributed by atoms with Crippen LogP contribution in [0.25, 0.3) is 0 Å². The lowest BCUT2D eigenvalue weighted by atomic mass is 10.1. The van der Waals surface area contributed by atoms with Gasteiger partial charge in [-0.3, -0.25) is 9.59 Å². The molecule has 5 heteroatoms. The lowest BCUT2D eigenvalue weighted by Gasteiger charge is -2.24. The number of ether oxygens (including phenoxy) is 3. The molecule has 2 rings (SSSR count). The Morgan fingerprint density at radius 2 is 2.25 bits per heavy atom. The highest BCUT2D eigenvalue weighted by Gasteiger charge is 2.27. The van der Waals surface area contributed by atoms with Crippen molar-refractivity contribution in [1.82, 2.24) is 0 Å². The first-order valence-corrected chi connectivity index (χ1v) is 9.00. The summed E-state index contributed by atoms with van der Waals surface area (Å²) in [6, 6.07) is 0.